The maximum Gasteiger partial charge on any atom is 0.138 e. The maximum absolute atomic E-state index is 6.33. The molecule has 1 aliphatic heterocycles. The molecule has 4 aromatic rings. The van der Waals surface area contributed by atoms with Crippen molar-refractivity contribution in [2.75, 3.05) is 11.9 Å². The zero-order chi connectivity index (χ0) is 20.9. The molecule has 5 heteroatoms. The Morgan fingerprint density at radius 3 is 2.70 bits per heavy atom. The molecule has 0 spiro atoms. The van der Waals surface area contributed by atoms with Crippen molar-refractivity contribution in [2.24, 2.45) is 0 Å². The van der Waals surface area contributed by atoms with Crippen LogP contribution in [0.4, 0.5) is 5.82 Å². The largest absolute Gasteiger partial charge is 0.369 e. The van der Waals surface area contributed by atoms with Gasteiger partial charge in [0.2, 0.25) is 0 Å². The molecular formula is C25H21ClN4. The van der Waals surface area contributed by atoms with E-state index in [1.165, 1.54) is 5.56 Å². The van der Waals surface area contributed by atoms with E-state index in [2.05, 4.69) is 58.1 Å². The van der Waals surface area contributed by atoms with E-state index in [4.69, 9.17) is 11.6 Å². The maximum atomic E-state index is 6.33. The van der Waals surface area contributed by atoms with E-state index in [0.29, 0.717) is 5.02 Å². The lowest BCUT2D eigenvalue weighted by molar-refractivity contribution is 0.586. The Hall–Kier alpha value is -3.29. The van der Waals surface area contributed by atoms with Gasteiger partial charge < -0.3 is 10.3 Å². The number of halogens is 1. The van der Waals surface area contributed by atoms with Crippen molar-refractivity contribution in [1.82, 2.24) is 15.0 Å². The number of aromatic nitrogens is 3. The molecule has 0 atom stereocenters. The summed E-state index contributed by atoms with van der Waals surface area (Å²) < 4.78 is 0. The molecule has 5 rings (SSSR count). The van der Waals surface area contributed by atoms with Crippen LogP contribution in [0.1, 0.15) is 36.1 Å². The number of aryl methyl sites for hydroxylation is 1. The lowest BCUT2D eigenvalue weighted by Crippen LogP contribution is -2.18. The van der Waals surface area contributed by atoms with Crippen molar-refractivity contribution in [1.29, 1.82) is 0 Å². The third kappa shape index (κ3) is 3.12. The summed E-state index contributed by atoms with van der Waals surface area (Å²) in [6.07, 6.45) is 5.68. The number of fused-ring (bicyclic) bond motifs is 2. The number of nitrogens with zero attached hydrogens (tertiary/aromatic N) is 2. The molecule has 0 radical (unpaired) electrons. The lowest BCUT2D eigenvalue weighted by atomic mass is 9.87. The van der Waals surface area contributed by atoms with Crippen molar-refractivity contribution >= 4 is 28.5 Å². The first kappa shape index (κ1) is 18.7. The first-order valence-electron chi connectivity index (χ1n) is 9.91. The van der Waals surface area contributed by atoms with Gasteiger partial charge in [-0.05, 0) is 30.7 Å². The minimum Gasteiger partial charge on any atom is -0.369 e. The van der Waals surface area contributed by atoms with Crippen LogP contribution in [0.3, 0.4) is 0 Å². The highest BCUT2D eigenvalue weighted by Crippen LogP contribution is 2.37. The summed E-state index contributed by atoms with van der Waals surface area (Å²) in [4.78, 5) is 12.4. The number of aromatic amines is 1. The molecule has 1 aromatic carbocycles. The topological polar surface area (TPSA) is 53.6 Å². The van der Waals surface area contributed by atoms with Gasteiger partial charge in [-0.25, -0.2) is 9.97 Å². The second-order valence-corrected chi connectivity index (χ2v) is 8.77. The SMILES string of the molecule is Cc1cccc(Cl)c1C#Cc1c[nH]c2ncc(-c3cnc4c(c3)C(C)(C)CN4)cc12. The van der Waals surface area contributed by atoms with Crippen LogP contribution < -0.4 is 5.32 Å². The normalized spacial score (nSPS) is 14.1. The monoisotopic (exact) mass is 412 g/mol. The van der Waals surface area contributed by atoms with E-state index >= 15 is 0 Å². The van der Waals surface area contributed by atoms with Gasteiger partial charge in [0.1, 0.15) is 11.5 Å². The Labute approximate surface area is 180 Å². The molecule has 148 valence electrons. The van der Waals surface area contributed by atoms with Crippen LogP contribution in [0.5, 0.6) is 0 Å². The Morgan fingerprint density at radius 2 is 1.87 bits per heavy atom. The minimum atomic E-state index is 0.0629. The van der Waals surface area contributed by atoms with Crippen LogP contribution >= 0.6 is 11.6 Å². The van der Waals surface area contributed by atoms with E-state index in [1.807, 2.05) is 43.7 Å². The number of benzene rings is 1. The second kappa shape index (κ2) is 6.90. The van der Waals surface area contributed by atoms with Crippen LogP contribution in [0.2, 0.25) is 5.02 Å². The van der Waals surface area contributed by atoms with Crippen LogP contribution in [-0.2, 0) is 5.41 Å². The van der Waals surface area contributed by atoms with E-state index in [9.17, 15) is 0 Å². The number of anilines is 1. The molecule has 0 bridgehead atoms. The number of hydrogen-bond acceptors (Lipinski definition) is 3. The second-order valence-electron chi connectivity index (χ2n) is 8.36. The molecule has 3 aromatic heterocycles. The Bertz CT molecular complexity index is 1330. The quantitative estimate of drug-likeness (QED) is 0.395. The van der Waals surface area contributed by atoms with Crippen LogP contribution in [0.25, 0.3) is 22.2 Å². The summed E-state index contributed by atoms with van der Waals surface area (Å²) in [7, 11) is 0. The fourth-order valence-electron chi connectivity index (χ4n) is 3.86. The van der Waals surface area contributed by atoms with Gasteiger partial charge in [0.15, 0.2) is 0 Å². The molecule has 0 amide bonds. The summed E-state index contributed by atoms with van der Waals surface area (Å²) >= 11 is 6.33. The van der Waals surface area contributed by atoms with Gasteiger partial charge in [0.25, 0.3) is 0 Å². The Balaban J connectivity index is 1.58. The lowest BCUT2D eigenvalue weighted by Gasteiger charge is -2.17. The van der Waals surface area contributed by atoms with Gasteiger partial charge in [-0.3, -0.25) is 0 Å². The van der Waals surface area contributed by atoms with Gasteiger partial charge in [-0.1, -0.05) is 49.4 Å². The van der Waals surface area contributed by atoms with Crippen molar-refractivity contribution in [3.05, 3.63) is 76.2 Å². The van der Waals surface area contributed by atoms with Crippen LogP contribution in [0.15, 0.2) is 48.9 Å². The summed E-state index contributed by atoms with van der Waals surface area (Å²) in [5, 5.41) is 5.04. The molecule has 4 heterocycles. The van der Waals surface area contributed by atoms with Crippen molar-refractivity contribution in [3.63, 3.8) is 0 Å². The number of pyridine rings is 2. The zero-order valence-electron chi connectivity index (χ0n) is 17.1. The molecule has 0 saturated heterocycles. The summed E-state index contributed by atoms with van der Waals surface area (Å²) in [6, 6.07) is 10.2. The summed E-state index contributed by atoms with van der Waals surface area (Å²) in [5.74, 6) is 7.47. The number of rotatable bonds is 1. The highest BCUT2D eigenvalue weighted by Gasteiger charge is 2.30. The smallest absolute Gasteiger partial charge is 0.138 e. The standard InChI is InChI=1S/C25H21ClN4/c1-15-5-4-6-22(26)19(15)8-7-16-11-27-23-20(16)9-17(12-28-23)18-10-21-24(29-13-18)30-14-25(21,2)3/h4-6,9-13H,14H2,1-3H3,(H,27,28)(H,29,30). The molecule has 0 saturated carbocycles. The fraction of sp³-hybridized carbons (Fsp3) is 0.200. The van der Waals surface area contributed by atoms with Gasteiger partial charge in [0, 0.05) is 58.2 Å². The number of hydrogen-bond donors (Lipinski definition) is 2. The van der Waals surface area contributed by atoms with Crippen molar-refractivity contribution in [3.8, 4) is 23.0 Å². The molecule has 2 N–H and O–H groups in total. The average Bonchev–Trinajstić information content (AvgIpc) is 3.27. The molecule has 30 heavy (non-hydrogen) atoms. The highest BCUT2D eigenvalue weighted by molar-refractivity contribution is 6.31. The summed E-state index contributed by atoms with van der Waals surface area (Å²) in [6.45, 7) is 7.38. The highest BCUT2D eigenvalue weighted by atomic mass is 35.5. The first-order chi connectivity index (χ1) is 14.4. The minimum absolute atomic E-state index is 0.0629. The number of H-pyrrole nitrogens is 1. The molecular weight excluding hydrogens is 392 g/mol. The Morgan fingerprint density at radius 1 is 1.07 bits per heavy atom. The first-order valence-corrected chi connectivity index (χ1v) is 10.3. The third-order valence-corrected chi connectivity index (χ3v) is 6.04. The average molecular weight is 413 g/mol. The van der Waals surface area contributed by atoms with E-state index in [-0.39, 0.29) is 5.41 Å². The van der Waals surface area contributed by atoms with Crippen molar-refractivity contribution in [2.45, 2.75) is 26.2 Å². The van der Waals surface area contributed by atoms with Gasteiger partial charge >= 0.3 is 0 Å². The molecule has 0 aliphatic carbocycles. The van der Waals surface area contributed by atoms with Gasteiger partial charge in [-0.15, -0.1) is 0 Å². The van der Waals surface area contributed by atoms with Crippen molar-refractivity contribution < 1.29 is 0 Å². The summed E-state index contributed by atoms with van der Waals surface area (Å²) in [5.41, 5.74) is 7.02. The van der Waals surface area contributed by atoms with Gasteiger partial charge in [0.05, 0.1) is 10.6 Å². The third-order valence-electron chi connectivity index (χ3n) is 5.72. The Kier molecular flexibility index (Phi) is 4.30. The van der Waals surface area contributed by atoms with E-state index in [0.717, 1.165) is 51.2 Å². The molecule has 0 fully saturated rings. The van der Waals surface area contributed by atoms with E-state index in [1.54, 1.807) is 0 Å². The van der Waals surface area contributed by atoms with Crippen LogP contribution in [0, 0.1) is 18.8 Å². The predicted octanol–water partition coefficient (Wildman–Crippen LogP) is 5.69. The zero-order valence-corrected chi connectivity index (χ0v) is 17.9. The number of nitrogens with one attached hydrogen (secondary N) is 2. The van der Waals surface area contributed by atoms with Gasteiger partial charge in [-0.2, -0.15) is 0 Å². The molecule has 4 nitrogen and oxygen atoms in total. The fourth-order valence-corrected chi connectivity index (χ4v) is 4.13. The predicted molar refractivity (Wildman–Crippen MR) is 123 cm³/mol. The molecule has 0 unspecified atom stereocenters. The van der Waals surface area contributed by atoms with Crippen LogP contribution in [-0.4, -0.2) is 21.5 Å². The van der Waals surface area contributed by atoms with E-state index < -0.39 is 0 Å². The molecule has 1 aliphatic rings.